The lowest BCUT2D eigenvalue weighted by molar-refractivity contribution is 0.312. The first kappa shape index (κ1) is 18.8. The van der Waals surface area contributed by atoms with Gasteiger partial charge in [-0.05, 0) is 36.3 Å². The van der Waals surface area contributed by atoms with Gasteiger partial charge in [0.05, 0.1) is 0 Å². The molecule has 0 saturated carbocycles. The molecule has 2 nitrogen and oxygen atoms in total. The molecule has 0 bridgehead atoms. The first-order chi connectivity index (χ1) is 9.54. The monoisotopic (exact) mass is 280 g/mol. The average molecular weight is 280 g/mol. The molecule has 0 heterocycles. The maximum absolute atomic E-state index is 9.79. The van der Waals surface area contributed by atoms with Crippen LogP contribution in [-0.2, 0) is 12.8 Å². The van der Waals surface area contributed by atoms with Gasteiger partial charge in [0.15, 0.2) is 11.5 Å². The zero-order valence-electron chi connectivity index (χ0n) is 14.0. The summed E-state index contributed by atoms with van der Waals surface area (Å²) in [5.74, 6) is 1.41. The Bertz CT molecular complexity index is 385. The molecular formula is C18H32O2. The quantitative estimate of drug-likeness (QED) is 0.685. The van der Waals surface area contributed by atoms with Gasteiger partial charge < -0.3 is 10.2 Å². The fraction of sp³-hybridized carbons (Fsp3) is 0.667. The Balaban J connectivity index is 0.000000641. The summed E-state index contributed by atoms with van der Waals surface area (Å²) < 4.78 is 0. The molecule has 2 N–H and O–H groups in total. The molecule has 1 aromatic rings. The Morgan fingerprint density at radius 1 is 1.05 bits per heavy atom. The predicted molar refractivity (Wildman–Crippen MR) is 87.4 cm³/mol. The summed E-state index contributed by atoms with van der Waals surface area (Å²) in [6, 6.07) is 3.53. The van der Waals surface area contributed by atoms with Gasteiger partial charge in [0.25, 0.3) is 0 Å². The lowest BCUT2D eigenvalue weighted by Gasteiger charge is -2.30. The zero-order chi connectivity index (χ0) is 15.7. The van der Waals surface area contributed by atoms with Gasteiger partial charge in [-0.3, -0.25) is 0 Å². The zero-order valence-corrected chi connectivity index (χ0v) is 14.0. The fourth-order valence-corrected chi connectivity index (χ4v) is 2.61. The molecule has 0 aliphatic heterocycles. The van der Waals surface area contributed by atoms with Gasteiger partial charge in [-0.15, -0.1) is 0 Å². The van der Waals surface area contributed by atoms with Crippen LogP contribution in [0.25, 0.3) is 0 Å². The molecule has 0 fully saturated rings. The molecule has 2 atom stereocenters. The highest BCUT2D eigenvalue weighted by molar-refractivity contribution is 5.50. The summed E-state index contributed by atoms with van der Waals surface area (Å²) in [7, 11) is 0. The van der Waals surface area contributed by atoms with Crippen molar-refractivity contribution in [2.24, 2.45) is 11.8 Å². The molecule has 2 unspecified atom stereocenters. The van der Waals surface area contributed by atoms with Crippen molar-refractivity contribution in [3.8, 4) is 11.5 Å². The van der Waals surface area contributed by atoms with Crippen LogP contribution in [0.5, 0.6) is 11.5 Å². The molecule has 0 spiro atoms. The van der Waals surface area contributed by atoms with Crippen LogP contribution < -0.4 is 0 Å². The largest absolute Gasteiger partial charge is 0.504 e. The summed E-state index contributed by atoms with van der Waals surface area (Å²) in [6.07, 6.45) is 4.30. The first-order valence-electron chi connectivity index (χ1n) is 8.07. The average Bonchev–Trinajstić information content (AvgIpc) is 2.46. The van der Waals surface area contributed by atoms with Crippen molar-refractivity contribution < 1.29 is 10.2 Å². The molecule has 0 radical (unpaired) electrons. The van der Waals surface area contributed by atoms with Gasteiger partial charge >= 0.3 is 0 Å². The van der Waals surface area contributed by atoms with Gasteiger partial charge in [0.2, 0.25) is 0 Å². The minimum Gasteiger partial charge on any atom is -0.504 e. The van der Waals surface area contributed by atoms with E-state index < -0.39 is 0 Å². The van der Waals surface area contributed by atoms with Crippen molar-refractivity contribution in [1.29, 1.82) is 0 Å². The second-order valence-corrected chi connectivity index (χ2v) is 5.33. The van der Waals surface area contributed by atoms with Crippen LogP contribution in [0.3, 0.4) is 0 Å². The van der Waals surface area contributed by atoms with E-state index in [1.54, 1.807) is 6.07 Å². The third-order valence-corrected chi connectivity index (χ3v) is 3.70. The van der Waals surface area contributed by atoms with E-state index in [-0.39, 0.29) is 11.5 Å². The van der Waals surface area contributed by atoms with Gasteiger partial charge in [-0.1, -0.05) is 60.5 Å². The van der Waals surface area contributed by atoms with Crippen molar-refractivity contribution >= 4 is 0 Å². The number of hydrogen-bond donors (Lipinski definition) is 2. The van der Waals surface area contributed by atoms with Crippen LogP contribution in [-0.4, -0.2) is 10.2 Å². The molecule has 116 valence electrons. The van der Waals surface area contributed by atoms with Crippen LogP contribution in [0.1, 0.15) is 65.5 Å². The molecule has 2 heteroatoms. The number of fused-ring (bicyclic) bond motifs is 1. The smallest absolute Gasteiger partial charge is 0.160 e. The van der Waals surface area contributed by atoms with Crippen molar-refractivity contribution in [3.05, 3.63) is 23.3 Å². The van der Waals surface area contributed by atoms with E-state index in [1.807, 2.05) is 19.9 Å². The summed E-state index contributed by atoms with van der Waals surface area (Å²) in [5.41, 5.74) is 2.16. The second-order valence-electron chi connectivity index (χ2n) is 5.33. The highest BCUT2D eigenvalue weighted by Crippen LogP contribution is 2.40. The van der Waals surface area contributed by atoms with E-state index in [0.29, 0.717) is 11.8 Å². The second kappa shape index (κ2) is 9.68. The van der Waals surface area contributed by atoms with Crippen molar-refractivity contribution in [3.63, 3.8) is 0 Å². The molecule has 0 aromatic heterocycles. The Morgan fingerprint density at radius 2 is 1.60 bits per heavy atom. The molecular weight excluding hydrogens is 248 g/mol. The van der Waals surface area contributed by atoms with E-state index in [0.717, 1.165) is 24.8 Å². The number of hydrogen-bond acceptors (Lipinski definition) is 2. The van der Waals surface area contributed by atoms with Crippen molar-refractivity contribution in [2.75, 3.05) is 0 Å². The summed E-state index contributed by atoms with van der Waals surface area (Å²) in [5, 5.41) is 19.2. The van der Waals surface area contributed by atoms with Crippen molar-refractivity contribution in [1.82, 2.24) is 0 Å². The molecule has 1 aliphatic rings. The fourth-order valence-electron chi connectivity index (χ4n) is 2.61. The minimum atomic E-state index is 0.0122. The van der Waals surface area contributed by atoms with Crippen LogP contribution in [0.2, 0.25) is 0 Å². The molecule has 0 amide bonds. The summed E-state index contributed by atoms with van der Waals surface area (Å²) in [6.45, 7) is 12.7. The van der Waals surface area contributed by atoms with Crippen molar-refractivity contribution in [2.45, 2.75) is 67.2 Å². The Morgan fingerprint density at radius 3 is 2.10 bits per heavy atom. The summed E-state index contributed by atoms with van der Waals surface area (Å²) >= 11 is 0. The van der Waals surface area contributed by atoms with Gasteiger partial charge in [-0.2, -0.15) is 0 Å². The molecule has 2 rings (SSSR count). The number of phenols is 2. The minimum absolute atomic E-state index is 0.0122. The van der Waals surface area contributed by atoms with Gasteiger partial charge in [0, 0.05) is 5.56 Å². The number of phenolic OH excluding ortho intramolecular Hbond substituents is 2. The number of benzene rings is 1. The molecule has 20 heavy (non-hydrogen) atoms. The Kier molecular flexibility index (Phi) is 9.11. The van der Waals surface area contributed by atoms with E-state index in [9.17, 15) is 10.2 Å². The maximum atomic E-state index is 9.79. The first-order valence-corrected chi connectivity index (χ1v) is 8.07. The number of aromatic hydroxyl groups is 2. The highest BCUT2D eigenvalue weighted by atomic mass is 16.3. The van der Waals surface area contributed by atoms with Crippen LogP contribution in [0, 0.1) is 11.8 Å². The highest BCUT2D eigenvalue weighted by Gasteiger charge is 2.26. The van der Waals surface area contributed by atoms with Gasteiger partial charge in [-0.25, -0.2) is 0 Å². The molecule has 1 aromatic carbocycles. The van der Waals surface area contributed by atoms with E-state index in [4.69, 9.17) is 0 Å². The topological polar surface area (TPSA) is 40.5 Å². The van der Waals surface area contributed by atoms with Gasteiger partial charge in [0.1, 0.15) is 0 Å². The SMILES string of the molecule is CC.CCC.CCC1Cc2c(ccc(O)c2O)CC1C. The Labute approximate surface area is 124 Å². The third-order valence-electron chi connectivity index (χ3n) is 3.70. The normalized spacial score (nSPS) is 19.9. The Hall–Kier alpha value is -1.18. The lowest BCUT2D eigenvalue weighted by atomic mass is 9.75. The van der Waals surface area contributed by atoms with E-state index in [2.05, 4.69) is 27.7 Å². The van der Waals surface area contributed by atoms with E-state index >= 15 is 0 Å². The molecule has 1 aliphatic carbocycles. The maximum Gasteiger partial charge on any atom is 0.160 e. The predicted octanol–water partition coefficient (Wildman–Crippen LogP) is 5.30. The van der Waals surface area contributed by atoms with E-state index in [1.165, 1.54) is 12.0 Å². The van der Waals surface area contributed by atoms with Crippen LogP contribution >= 0.6 is 0 Å². The molecule has 0 saturated heterocycles. The number of rotatable bonds is 1. The summed E-state index contributed by atoms with van der Waals surface area (Å²) in [4.78, 5) is 0. The standard InChI is InChI=1S/C13H18O2.C3H8.C2H6/c1-3-9-7-11-10(6-8(9)2)4-5-12(14)13(11)15;1-3-2;1-2/h4-5,8-9,14-15H,3,6-7H2,1-2H3;3H2,1-2H3;1-2H3. The third kappa shape index (κ3) is 4.73. The lowest BCUT2D eigenvalue weighted by Crippen LogP contribution is -2.22. The van der Waals surface area contributed by atoms with Crippen LogP contribution in [0.15, 0.2) is 12.1 Å². The van der Waals surface area contributed by atoms with Crippen LogP contribution in [0.4, 0.5) is 0 Å².